The lowest BCUT2D eigenvalue weighted by molar-refractivity contribution is -0.146. The number of anilines is 1. The molecular formula is C12H17N3O3S. The van der Waals surface area contributed by atoms with E-state index >= 15 is 0 Å². The molecule has 2 rings (SSSR count). The van der Waals surface area contributed by atoms with Gasteiger partial charge >= 0.3 is 5.97 Å². The van der Waals surface area contributed by atoms with Crippen molar-refractivity contribution in [2.24, 2.45) is 0 Å². The smallest absolute Gasteiger partial charge is 0.323 e. The second kappa shape index (κ2) is 6.12. The summed E-state index contributed by atoms with van der Waals surface area (Å²) in [4.78, 5) is 29.0. The lowest BCUT2D eigenvalue weighted by Gasteiger charge is -2.20. The third kappa shape index (κ3) is 3.51. The minimum Gasteiger partial charge on any atom is -0.468 e. The summed E-state index contributed by atoms with van der Waals surface area (Å²) in [7, 11) is 1.41. The van der Waals surface area contributed by atoms with Gasteiger partial charge in [0.15, 0.2) is 5.13 Å². The Morgan fingerprint density at radius 2 is 2.42 bits per heavy atom. The lowest BCUT2D eigenvalue weighted by Crippen LogP contribution is -2.36. The van der Waals surface area contributed by atoms with Gasteiger partial charge < -0.3 is 10.1 Å². The van der Waals surface area contributed by atoms with Crippen molar-refractivity contribution in [1.82, 2.24) is 9.88 Å². The van der Waals surface area contributed by atoms with Crippen molar-refractivity contribution in [3.05, 3.63) is 11.1 Å². The normalized spacial score (nSPS) is 19.4. The molecule has 0 aliphatic carbocycles. The molecule has 0 saturated carbocycles. The average Bonchev–Trinajstić information content (AvgIpc) is 2.98. The predicted octanol–water partition coefficient (Wildman–Crippen LogP) is 1.24. The van der Waals surface area contributed by atoms with Gasteiger partial charge in [0.1, 0.15) is 6.04 Å². The number of likely N-dealkylation sites (tertiary alicyclic amines) is 1. The number of hydrogen-bond acceptors (Lipinski definition) is 6. The molecule has 0 aromatic carbocycles. The number of ether oxygens (including phenoxy) is 1. The van der Waals surface area contributed by atoms with E-state index in [4.69, 9.17) is 4.74 Å². The monoisotopic (exact) mass is 283 g/mol. The third-order valence-electron chi connectivity index (χ3n) is 3.04. The fraction of sp³-hybridized carbons (Fsp3) is 0.583. The average molecular weight is 283 g/mol. The molecule has 1 aliphatic rings. The molecule has 6 nitrogen and oxygen atoms in total. The van der Waals surface area contributed by atoms with Crippen LogP contribution in [0.15, 0.2) is 5.38 Å². The number of nitrogens with one attached hydrogen (secondary N) is 1. The standard InChI is InChI=1S/C12H17N3O3S/c1-8(16)13-12-14-9(7-19-12)6-15-5-3-4-10(15)11(17)18-2/h7,10H,3-6H2,1-2H3,(H,13,14,16). The van der Waals surface area contributed by atoms with Crippen LogP contribution in [0.5, 0.6) is 0 Å². The highest BCUT2D eigenvalue weighted by Gasteiger charge is 2.31. The maximum absolute atomic E-state index is 11.6. The van der Waals surface area contributed by atoms with Crippen molar-refractivity contribution in [2.45, 2.75) is 32.4 Å². The summed E-state index contributed by atoms with van der Waals surface area (Å²) in [6.45, 7) is 2.93. The molecule has 19 heavy (non-hydrogen) atoms. The molecule has 1 saturated heterocycles. The molecule has 104 valence electrons. The number of amides is 1. The van der Waals surface area contributed by atoms with E-state index in [-0.39, 0.29) is 17.9 Å². The van der Waals surface area contributed by atoms with E-state index in [1.165, 1.54) is 25.4 Å². The summed E-state index contributed by atoms with van der Waals surface area (Å²) in [5.74, 6) is -0.315. The summed E-state index contributed by atoms with van der Waals surface area (Å²) < 4.78 is 4.80. The van der Waals surface area contributed by atoms with E-state index in [1.54, 1.807) is 0 Å². The van der Waals surface area contributed by atoms with Crippen molar-refractivity contribution in [3.63, 3.8) is 0 Å². The Bertz CT molecular complexity index is 475. The maximum Gasteiger partial charge on any atom is 0.323 e. The second-order valence-electron chi connectivity index (χ2n) is 4.48. The molecule has 0 radical (unpaired) electrons. The number of carbonyl (C=O) groups excluding carboxylic acids is 2. The topological polar surface area (TPSA) is 71.5 Å². The third-order valence-corrected chi connectivity index (χ3v) is 3.84. The van der Waals surface area contributed by atoms with Crippen molar-refractivity contribution < 1.29 is 14.3 Å². The van der Waals surface area contributed by atoms with E-state index in [0.29, 0.717) is 11.7 Å². The van der Waals surface area contributed by atoms with Gasteiger partial charge in [-0.2, -0.15) is 0 Å². The predicted molar refractivity (Wildman–Crippen MR) is 71.9 cm³/mol. The highest BCUT2D eigenvalue weighted by Crippen LogP contribution is 2.23. The molecule has 1 aliphatic heterocycles. The Morgan fingerprint density at radius 1 is 1.63 bits per heavy atom. The summed E-state index contributed by atoms with van der Waals surface area (Å²) in [5.41, 5.74) is 0.865. The largest absolute Gasteiger partial charge is 0.468 e. The molecule has 1 fully saturated rings. The summed E-state index contributed by atoms with van der Waals surface area (Å²) in [6.07, 6.45) is 1.82. The van der Waals surface area contributed by atoms with Crippen LogP contribution in [0.25, 0.3) is 0 Å². The molecule has 1 aromatic rings. The van der Waals surface area contributed by atoms with Crippen LogP contribution >= 0.6 is 11.3 Å². The Morgan fingerprint density at radius 3 is 3.11 bits per heavy atom. The van der Waals surface area contributed by atoms with Gasteiger partial charge in [0, 0.05) is 18.8 Å². The maximum atomic E-state index is 11.6. The van der Waals surface area contributed by atoms with Gasteiger partial charge in [0.05, 0.1) is 12.8 Å². The van der Waals surface area contributed by atoms with E-state index in [9.17, 15) is 9.59 Å². The fourth-order valence-electron chi connectivity index (χ4n) is 2.21. The van der Waals surface area contributed by atoms with Crippen LogP contribution in [-0.2, 0) is 20.9 Å². The van der Waals surface area contributed by atoms with Gasteiger partial charge in [-0.3, -0.25) is 14.5 Å². The summed E-state index contributed by atoms with van der Waals surface area (Å²) in [5, 5.41) is 5.15. The Kier molecular flexibility index (Phi) is 4.49. The first-order valence-electron chi connectivity index (χ1n) is 6.14. The number of methoxy groups -OCH3 is 1. The molecule has 1 amide bonds. The van der Waals surface area contributed by atoms with Gasteiger partial charge in [0.2, 0.25) is 5.91 Å². The first-order valence-corrected chi connectivity index (χ1v) is 7.02. The quantitative estimate of drug-likeness (QED) is 0.842. The molecule has 7 heteroatoms. The Labute approximate surface area is 115 Å². The Hall–Kier alpha value is -1.47. The zero-order valence-corrected chi connectivity index (χ0v) is 11.8. The van der Waals surface area contributed by atoms with Crippen LogP contribution < -0.4 is 5.32 Å². The highest BCUT2D eigenvalue weighted by atomic mass is 32.1. The molecule has 0 bridgehead atoms. The van der Waals surface area contributed by atoms with E-state index in [1.807, 2.05) is 5.38 Å². The van der Waals surface area contributed by atoms with Crippen molar-refractivity contribution >= 4 is 28.3 Å². The van der Waals surface area contributed by atoms with Gasteiger partial charge in [-0.15, -0.1) is 11.3 Å². The van der Waals surface area contributed by atoms with Crippen LogP contribution in [0.1, 0.15) is 25.5 Å². The number of aromatic nitrogens is 1. The van der Waals surface area contributed by atoms with Crippen molar-refractivity contribution in [1.29, 1.82) is 0 Å². The van der Waals surface area contributed by atoms with Crippen LogP contribution in [-0.4, -0.2) is 41.5 Å². The fourth-order valence-corrected chi connectivity index (χ4v) is 2.96. The number of hydrogen-bond donors (Lipinski definition) is 1. The number of esters is 1. The van der Waals surface area contributed by atoms with Crippen molar-refractivity contribution in [3.8, 4) is 0 Å². The van der Waals surface area contributed by atoms with E-state index in [2.05, 4.69) is 15.2 Å². The number of carbonyl (C=O) groups is 2. The lowest BCUT2D eigenvalue weighted by atomic mass is 10.2. The number of rotatable bonds is 4. The van der Waals surface area contributed by atoms with Crippen LogP contribution in [0, 0.1) is 0 Å². The SMILES string of the molecule is COC(=O)C1CCCN1Cc1csc(NC(C)=O)n1. The van der Waals surface area contributed by atoms with Crippen molar-refractivity contribution in [2.75, 3.05) is 19.0 Å². The molecular weight excluding hydrogens is 266 g/mol. The second-order valence-corrected chi connectivity index (χ2v) is 5.33. The number of nitrogens with zero attached hydrogens (tertiary/aromatic N) is 2. The molecule has 1 unspecified atom stereocenters. The minimum absolute atomic E-state index is 0.130. The first-order chi connectivity index (χ1) is 9.10. The summed E-state index contributed by atoms with van der Waals surface area (Å²) in [6, 6.07) is -0.170. The van der Waals surface area contributed by atoms with E-state index < -0.39 is 0 Å². The first kappa shape index (κ1) is 14.0. The molecule has 1 atom stereocenters. The van der Waals surface area contributed by atoms with Gasteiger partial charge in [-0.25, -0.2) is 4.98 Å². The number of thiazole rings is 1. The van der Waals surface area contributed by atoms with Gasteiger partial charge in [-0.05, 0) is 19.4 Å². The molecule has 1 aromatic heterocycles. The van der Waals surface area contributed by atoms with E-state index in [0.717, 1.165) is 25.1 Å². The summed E-state index contributed by atoms with van der Waals surface area (Å²) >= 11 is 1.39. The van der Waals surface area contributed by atoms with Crippen LogP contribution in [0.4, 0.5) is 5.13 Å². The zero-order valence-electron chi connectivity index (χ0n) is 11.0. The Balaban J connectivity index is 1.98. The minimum atomic E-state index is -0.185. The zero-order chi connectivity index (χ0) is 13.8. The van der Waals surface area contributed by atoms with Crippen LogP contribution in [0.3, 0.4) is 0 Å². The van der Waals surface area contributed by atoms with Gasteiger partial charge in [0.25, 0.3) is 0 Å². The molecule has 0 spiro atoms. The molecule has 1 N–H and O–H groups in total. The van der Waals surface area contributed by atoms with Gasteiger partial charge in [-0.1, -0.05) is 0 Å². The highest BCUT2D eigenvalue weighted by molar-refractivity contribution is 7.13. The van der Waals surface area contributed by atoms with Crippen LogP contribution in [0.2, 0.25) is 0 Å². The molecule has 2 heterocycles.